The van der Waals surface area contributed by atoms with Gasteiger partial charge in [0.1, 0.15) is 0 Å². The number of hydrogen-bond acceptors (Lipinski definition) is 4. The Morgan fingerprint density at radius 3 is 2.38 bits per heavy atom. The SMILES string of the molecule is O=C(O)CCC1CCC(=C(O)C(=O)O)C1=O. The lowest BCUT2D eigenvalue weighted by atomic mass is 10.00. The molecule has 1 aliphatic rings. The van der Waals surface area contributed by atoms with Gasteiger partial charge in [-0.2, -0.15) is 0 Å². The largest absolute Gasteiger partial charge is 0.502 e. The minimum atomic E-state index is -1.53. The topological polar surface area (TPSA) is 112 Å². The molecule has 1 aliphatic carbocycles. The number of rotatable bonds is 4. The van der Waals surface area contributed by atoms with Crippen molar-refractivity contribution in [1.82, 2.24) is 0 Å². The van der Waals surface area contributed by atoms with Crippen molar-refractivity contribution in [3.05, 3.63) is 11.3 Å². The first-order valence-corrected chi connectivity index (χ1v) is 4.85. The number of aliphatic hydroxyl groups is 1. The number of Topliss-reactive ketones (excluding diaryl/α,β-unsaturated/α-hetero) is 1. The Labute approximate surface area is 91.2 Å². The molecule has 0 aromatic rings. The normalized spacial score (nSPS) is 23.2. The van der Waals surface area contributed by atoms with E-state index >= 15 is 0 Å². The van der Waals surface area contributed by atoms with Gasteiger partial charge in [-0.25, -0.2) is 4.79 Å². The molecule has 1 rings (SSSR count). The zero-order chi connectivity index (χ0) is 12.3. The third-order valence-corrected chi connectivity index (χ3v) is 2.61. The van der Waals surface area contributed by atoms with Crippen molar-refractivity contribution >= 4 is 17.7 Å². The second-order valence-corrected chi connectivity index (χ2v) is 3.66. The summed E-state index contributed by atoms with van der Waals surface area (Å²) < 4.78 is 0. The van der Waals surface area contributed by atoms with Crippen LogP contribution in [-0.2, 0) is 14.4 Å². The van der Waals surface area contributed by atoms with Crippen LogP contribution in [0.15, 0.2) is 11.3 Å². The van der Waals surface area contributed by atoms with Crippen LogP contribution in [0.3, 0.4) is 0 Å². The van der Waals surface area contributed by atoms with Gasteiger partial charge in [-0.15, -0.1) is 0 Å². The maximum Gasteiger partial charge on any atom is 0.371 e. The Morgan fingerprint density at radius 1 is 1.25 bits per heavy atom. The van der Waals surface area contributed by atoms with Gasteiger partial charge in [-0.05, 0) is 19.3 Å². The summed E-state index contributed by atoms with van der Waals surface area (Å²) in [6.45, 7) is 0. The standard InChI is InChI=1S/C10H12O6/c11-7(12)4-2-5-1-3-6(8(5)13)9(14)10(15)16/h5,14H,1-4H2,(H,11,12)(H,15,16). The second-order valence-electron chi connectivity index (χ2n) is 3.66. The molecule has 0 heterocycles. The minimum absolute atomic E-state index is 0.0945. The van der Waals surface area contributed by atoms with E-state index in [-0.39, 0.29) is 24.8 Å². The van der Waals surface area contributed by atoms with Crippen LogP contribution >= 0.6 is 0 Å². The fourth-order valence-corrected chi connectivity index (χ4v) is 1.76. The van der Waals surface area contributed by atoms with Crippen molar-refractivity contribution in [2.75, 3.05) is 0 Å². The highest BCUT2D eigenvalue weighted by Crippen LogP contribution is 2.31. The van der Waals surface area contributed by atoms with Crippen LogP contribution in [0.4, 0.5) is 0 Å². The van der Waals surface area contributed by atoms with E-state index in [9.17, 15) is 14.4 Å². The average molecular weight is 228 g/mol. The second kappa shape index (κ2) is 4.78. The smallest absolute Gasteiger partial charge is 0.371 e. The maximum absolute atomic E-state index is 11.6. The van der Waals surface area contributed by atoms with Crippen molar-refractivity contribution in [2.45, 2.75) is 25.7 Å². The minimum Gasteiger partial charge on any atom is -0.502 e. The molecule has 1 fully saturated rings. The van der Waals surface area contributed by atoms with E-state index in [0.29, 0.717) is 6.42 Å². The molecule has 88 valence electrons. The first kappa shape index (κ1) is 12.2. The van der Waals surface area contributed by atoms with Gasteiger partial charge >= 0.3 is 11.9 Å². The van der Waals surface area contributed by atoms with E-state index in [0.717, 1.165) is 0 Å². The Morgan fingerprint density at radius 2 is 1.88 bits per heavy atom. The maximum atomic E-state index is 11.6. The predicted octanol–water partition coefficient (Wildman–Crippen LogP) is 0.727. The number of carboxylic acid groups (broad SMARTS) is 2. The Kier molecular flexibility index (Phi) is 3.65. The number of aliphatic carboxylic acids is 2. The Balaban J connectivity index is 2.71. The van der Waals surface area contributed by atoms with Crippen LogP contribution in [0.1, 0.15) is 25.7 Å². The van der Waals surface area contributed by atoms with Crippen LogP contribution in [-0.4, -0.2) is 33.0 Å². The lowest BCUT2D eigenvalue weighted by molar-refractivity contribution is -0.138. The number of aliphatic hydroxyl groups excluding tert-OH is 1. The molecular formula is C10H12O6. The first-order valence-electron chi connectivity index (χ1n) is 4.85. The summed E-state index contributed by atoms with van der Waals surface area (Å²) in [7, 11) is 0. The molecule has 0 aromatic heterocycles. The summed E-state index contributed by atoms with van der Waals surface area (Å²) in [6, 6.07) is 0. The molecule has 0 spiro atoms. The van der Waals surface area contributed by atoms with Gasteiger partial charge in [-0.1, -0.05) is 0 Å². The number of ketones is 1. The summed E-state index contributed by atoms with van der Waals surface area (Å²) in [6.07, 6.45) is 0.655. The van der Waals surface area contributed by atoms with Crippen molar-refractivity contribution in [2.24, 2.45) is 5.92 Å². The molecule has 0 amide bonds. The number of carboxylic acids is 2. The zero-order valence-corrected chi connectivity index (χ0v) is 8.47. The number of hydrogen-bond donors (Lipinski definition) is 3. The lowest BCUT2D eigenvalue weighted by Gasteiger charge is -2.04. The molecule has 1 unspecified atom stereocenters. The highest BCUT2D eigenvalue weighted by molar-refractivity contribution is 6.04. The van der Waals surface area contributed by atoms with Gasteiger partial charge in [0.05, 0.1) is 0 Å². The number of carbonyl (C=O) groups is 3. The summed E-state index contributed by atoms with van der Waals surface area (Å²) in [4.78, 5) is 32.4. The molecule has 0 aliphatic heterocycles. The third-order valence-electron chi connectivity index (χ3n) is 2.61. The molecular weight excluding hydrogens is 216 g/mol. The summed E-state index contributed by atoms with van der Waals surface area (Å²) >= 11 is 0. The molecule has 0 aromatic carbocycles. The molecule has 1 atom stereocenters. The lowest BCUT2D eigenvalue weighted by Crippen LogP contribution is -2.13. The van der Waals surface area contributed by atoms with Crippen LogP contribution in [0.2, 0.25) is 0 Å². The number of allylic oxidation sites excluding steroid dienone is 1. The average Bonchev–Trinajstić information content (AvgIpc) is 2.55. The fraction of sp³-hybridized carbons (Fsp3) is 0.500. The van der Waals surface area contributed by atoms with E-state index in [1.807, 2.05) is 0 Å². The van der Waals surface area contributed by atoms with Crippen LogP contribution < -0.4 is 0 Å². The molecule has 0 saturated heterocycles. The molecule has 6 nitrogen and oxygen atoms in total. The fourth-order valence-electron chi connectivity index (χ4n) is 1.76. The molecule has 0 radical (unpaired) electrons. The van der Waals surface area contributed by atoms with E-state index in [2.05, 4.69) is 0 Å². The van der Waals surface area contributed by atoms with Crippen LogP contribution in [0.25, 0.3) is 0 Å². The Bertz CT molecular complexity index is 368. The third kappa shape index (κ3) is 2.59. The van der Waals surface area contributed by atoms with Gasteiger partial charge in [0.25, 0.3) is 0 Å². The van der Waals surface area contributed by atoms with Crippen LogP contribution in [0.5, 0.6) is 0 Å². The van der Waals surface area contributed by atoms with E-state index < -0.39 is 29.4 Å². The van der Waals surface area contributed by atoms with Crippen molar-refractivity contribution in [1.29, 1.82) is 0 Å². The highest BCUT2D eigenvalue weighted by Gasteiger charge is 2.33. The van der Waals surface area contributed by atoms with E-state index in [1.54, 1.807) is 0 Å². The zero-order valence-electron chi connectivity index (χ0n) is 8.47. The molecule has 0 bridgehead atoms. The van der Waals surface area contributed by atoms with Crippen molar-refractivity contribution in [3.63, 3.8) is 0 Å². The molecule has 1 saturated carbocycles. The van der Waals surface area contributed by atoms with Gasteiger partial charge < -0.3 is 15.3 Å². The molecule has 6 heteroatoms. The predicted molar refractivity (Wildman–Crippen MR) is 51.9 cm³/mol. The highest BCUT2D eigenvalue weighted by atomic mass is 16.4. The number of carbonyl (C=O) groups excluding carboxylic acids is 1. The van der Waals surface area contributed by atoms with Gasteiger partial charge in [0.2, 0.25) is 5.76 Å². The summed E-state index contributed by atoms with van der Waals surface area (Å²) in [5.41, 5.74) is -0.0945. The van der Waals surface area contributed by atoms with Gasteiger partial charge in [0.15, 0.2) is 5.78 Å². The monoisotopic (exact) mass is 228 g/mol. The van der Waals surface area contributed by atoms with Crippen LogP contribution in [0, 0.1) is 5.92 Å². The van der Waals surface area contributed by atoms with Crippen molar-refractivity contribution < 1.29 is 29.7 Å². The Hall–Kier alpha value is -1.85. The molecule has 3 N–H and O–H groups in total. The summed E-state index contributed by atoms with van der Waals surface area (Å²) in [5.74, 6) is -4.36. The quantitative estimate of drug-likeness (QED) is 0.483. The summed E-state index contributed by atoms with van der Waals surface area (Å²) in [5, 5.41) is 26.1. The van der Waals surface area contributed by atoms with Gasteiger partial charge in [-0.3, -0.25) is 9.59 Å². The van der Waals surface area contributed by atoms with Gasteiger partial charge in [0, 0.05) is 17.9 Å². The first-order chi connectivity index (χ1) is 7.43. The van der Waals surface area contributed by atoms with Crippen molar-refractivity contribution in [3.8, 4) is 0 Å². The van der Waals surface area contributed by atoms with E-state index in [4.69, 9.17) is 15.3 Å². The van der Waals surface area contributed by atoms with E-state index in [1.165, 1.54) is 0 Å². The molecule has 16 heavy (non-hydrogen) atoms.